The van der Waals surface area contributed by atoms with Crippen LogP contribution in [0.1, 0.15) is 26.2 Å². The van der Waals surface area contributed by atoms with Gasteiger partial charge in [-0.15, -0.1) is 0 Å². The molecule has 1 aromatic rings. The van der Waals surface area contributed by atoms with Gasteiger partial charge in [-0.2, -0.15) is 0 Å². The molecule has 1 atom stereocenters. The number of rotatable bonds is 7. The van der Waals surface area contributed by atoms with Gasteiger partial charge in [0.15, 0.2) is 5.75 Å². The molecule has 1 aliphatic heterocycles. The van der Waals surface area contributed by atoms with Crippen LogP contribution in [0.2, 0.25) is 0 Å². The van der Waals surface area contributed by atoms with Crippen LogP contribution in [-0.4, -0.2) is 31.3 Å². The third-order valence-corrected chi connectivity index (χ3v) is 3.13. The number of ether oxygens (including phenoxy) is 2. The quantitative estimate of drug-likeness (QED) is 0.806. The van der Waals surface area contributed by atoms with Crippen LogP contribution in [0.15, 0.2) is 18.3 Å². The Hall–Kier alpha value is -1.29. The van der Waals surface area contributed by atoms with Crippen molar-refractivity contribution in [2.75, 3.05) is 26.3 Å². The van der Waals surface area contributed by atoms with Crippen molar-refractivity contribution in [1.29, 1.82) is 0 Å². The van der Waals surface area contributed by atoms with Crippen molar-refractivity contribution in [1.82, 2.24) is 10.3 Å². The minimum atomic E-state index is 0.622. The van der Waals surface area contributed by atoms with Crippen molar-refractivity contribution in [3.8, 4) is 11.6 Å². The molecule has 1 aliphatic rings. The first-order valence-corrected chi connectivity index (χ1v) is 6.81. The summed E-state index contributed by atoms with van der Waals surface area (Å²) in [5.74, 6) is 2.12. The Bertz CT molecular complexity index is 351. The number of nitrogens with one attached hydrogen (secondary N) is 1. The molecule has 4 heteroatoms. The van der Waals surface area contributed by atoms with Crippen LogP contribution < -0.4 is 14.8 Å². The molecule has 0 radical (unpaired) electrons. The Morgan fingerprint density at radius 1 is 1.39 bits per heavy atom. The molecule has 1 unspecified atom stereocenters. The van der Waals surface area contributed by atoms with E-state index in [9.17, 15) is 0 Å². The fourth-order valence-corrected chi connectivity index (χ4v) is 2.09. The van der Waals surface area contributed by atoms with E-state index in [-0.39, 0.29) is 0 Å². The van der Waals surface area contributed by atoms with Gasteiger partial charge in [0.25, 0.3) is 5.88 Å². The largest absolute Gasteiger partial charge is 0.488 e. The molecule has 1 N–H and O–H groups in total. The van der Waals surface area contributed by atoms with Crippen molar-refractivity contribution in [3.63, 3.8) is 0 Å². The van der Waals surface area contributed by atoms with Crippen molar-refractivity contribution in [2.45, 2.75) is 26.2 Å². The molecule has 1 fully saturated rings. The summed E-state index contributed by atoms with van der Waals surface area (Å²) >= 11 is 0. The highest BCUT2D eigenvalue weighted by atomic mass is 16.5. The smallest absolute Gasteiger partial charge is 0.256 e. The zero-order valence-electron chi connectivity index (χ0n) is 11.0. The minimum Gasteiger partial charge on any atom is -0.488 e. The molecule has 1 saturated heterocycles. The molecule has 2 rings (SSSR count). The molecule has 4 nitrogen and oxygen atoms in total. The van der Waals surface area contributed by atoms with Crippen LogP contribution >= 0.6 is 0 Å². The van der Waals surface area contributed by atoms with Gasteiger partial charge in [-0.25, -0.2) is 4.98 Å². The van der Waals surface area contributed by atoms with Gasteiger partial charge in [-0.3, -0.25) is 0 Å². The van der Waals surface area contributed by atoms with Crippen LogP contribution in [-0.2, 0) is 0 Å². The van der Waals surface area contributed by atoms with Crippen molar-refractivity contribution in [3.05, 3.63) is 18.3 Å². The molecule has 18 heavy (non-hydrogen) atoms. The van der Waals surface area contributed by atoms with Crippen LogP contribution in [0.3, 0.4) is 0 Å². The zero-order chi connectivity index (χ0) is 12.6. The molecule has 0 aliphatic carbocycles. The number of hydrogen-bond acceptors (Lipinski definition) is 4. The fourth-order valence-electron chi connectivity index (χ4n) is 2.09. The number of hydrogen-bond donors (Lipinski definition) is 1. The lowest BCUT2D eigenvalue weighted by atomic mass is 10.1. The minimum absolute atomic E-state index is 0.622. The van der Waals surface area contributed by atoms with Crippen LogP contribution in [0, 0.1) is 5.92 Å². The predicted molar refractivity (Wildman–Crippen MR) is 71.1 cm³/mol. The number of nitrogens with zero attached hydrogens (tertiary/aromatic N) is 1. The van der Waals surface area contributed by atoms with E-state index in [4.69, 9.17) is 9.47 Å². The Morgan fingerprint density at radius 3 is 3.11 bits per heavy atom. The zero-order valence-corrected chi connectivity index (χ0v) is 11.0. The third-order valence-electron chi connectivity index (χ3n) is 3.13. The summed E-state index contributed by atoms with van der Waals surface area (Å²) in [5, 5.41) is 3.36. The Morgan fingerprint density at radius 2 is 2.33 bits per heavy atom. The number of pyridine rings is 1. The van der Waals surface area contributed by atoms with Gasteiger partial charge < -0.3 is 14.8 Å². The second-order valence-corrected chi connectivity index (χ2v) is 4.65. The van der Waals surface area contributed by atoms with Gasteiger partial charge in [-0.1, -0.05) is 6.92 Å². The number of aromatic nitrogens is 1. The van der Waals surface area contributed by atoms with Crippen LogP contribution in [0.25, 0.3) is 0 Å². The highest BCUT2D eigenvalue weighted by Crippen LogP contribution is 2.24. The molecular formula is C14H22N2O2. The maximum absolute atomic E-state index is 5.73. The third kappa shape index (κ3) is 3.88. The van der Waals surface area contributed by atoms with Crippen LogP contribution in [0.4, 0.5) is 0 Å². The Balaban J connectivity index is 1.79. The maximum atomic E-state index is 5.73. The first-order chi connectivity index (χ1) is 8.90. The van der Waals surface area contributed by atoms with E-state index in [0.29, 0.717) is 19.1 Å². The summed E-state index contributed by atoms with van der Waals surface area (Å²) in [7, 11) is 0. The van der Waals surface area contributed by atoms with E-state index in [0.717, 1.165) is 37.6 Å². The molecule has 1 aromatic heterocycles. The lowest BCUT2D eigenvalue weighted by Gasteiger charge is -2.12. The highest BCUT2D eigenvalue weighted by Gasteiger charge is 2.14. The molecule has 2 heterocycles. The normalized spacial score (nSPS) is 18.8. The maximum Gasteiger partial charge on any atom is 0.256 e. The van der Waals surface area contributed by atoms with Gasteiger partial charge in [0.2, 0.25) is 0 Å². The SMILES string of the molecule is CCCOc1cccnc1OCCC1CCNC1. The highest BCUT2D eigenvalue weighted by molar-refractivity contribution is 5.32. The van der Waals surface area contributed by atoms with Crippen molar-refractivity contribution >= 4 is 0 Å². The first-order valence-electron chi connectivity index (χ1n) is 6.81. The summed E-state index contributed by atoms with van der Waals surface area (Å²) in [6, 6.07) is 3.79. The van der Waals surface area contributed by atoms with Gasteiger partial charge >= 0.3 is 0 Å². The molecular weight excluding hydrogens is 228 g/mol. The summed E-state index contributed by atoms with van der Waals surface area (Å²) in [4.78, 5) is 4.23. The molecule has 100 valence electrons. The van der Waals surface area contributed by atoms with Gasteiger partial charge in [0, 0.05) is 6.20 Å². The molecule has 0 spiro atoms. The van der Waals surface area contributed by atoms with E-state index >= 15 is 0 Å². The lowest BCUT2D eigenvalue weighted by Crippen LogP contribution is -2.12. The van der Waals surface area contributed by atoms with Crippen molar-refractivity contribution in [2.24, 2.45) is 5.92 Å². The van der Waals surface area contributed by atoms with Gasteiger partial charge in [0.05, 0.1) is 13.2 Å². The lowest BCUT2D eigenvalue weighted by molar-refractivity contribution is 0.244. The second-order valence-electron chi connectivity index (χ2n) is 4.65. The van der Waals surface area contributed by atoms with Gasteiger partial charge in [-0.05, 0) is 50.4 Å². The average Bonchev–Trinajstić information content (AvgIpc) is 2.91. The predicted octanol–water partition coefficient (Wildman–Crippen LogP) is 2.25. The topological polar surface area (TPSA) is 43.4 Å². The summed E-state index contributed by atoms with van der Waals surface area (Å²) in [6.07, 6.45) is 5.06. The van der Waals surface area contributed by atoms with E-state index in [2.05, 4.69) is 17.2 Å². The van der Waals surface area contributed by atoms with E-state index in [1.165, 1.54) is 6.42 Å². The summed E-state index contributed by atoms with van der Waals surface area (Å²) in [6.45, 7) is 5.76. The summed E-state index contributed by atoms with van der Waals surface area (Å²) < 4.78 is 11.3. The second kappa shape index (κ2) is 7.21. The average molecular weight is 250 g/mol. The van der Waals surface area contributed by atoms with Crippen LogP contribution in [0.5, 0.6) is 11.6 Å². The summed E-state index contributed by atoms with van der Waals surface area (Å²) in [5.41, 5.74) is 0. The molecule has 0 bridgehead atoms. The van der Waals surface area contributed by atoms with Crippen molar-refractivity contribution < 1.29 is 9.47 Å². The van der Waals surface area contributed by atoms with E-state index in [1.807, 2.05) is 12.1 Å². The Labute approximate surface area is 109 Å². The van der Waals surface area contributed by atoms with E-state index < -0.39 is 0 Å². The molecule has 0 aromatic carbocycles. The monoisotopic (exact) mass is 250 g/mol. The van der Waals surface area contributed by atoms with E-state index in [1.54, 1.807) is 6.20 Å². The molecule has 0 amide bonds. The Kier molecular flexibility index (Phi) is 5.27. The standard InChI is InChI=1S/C14H22N2O2/c1-2-9-17-13-4-3-7-16-14(13)18-10-6-12-5-8-15-11-12/h3-4,7,12,15H,2,5-6,8-11H2,1H3. The molecule has 0 saturated carbocycles. The fraction of sp³-hybridized carbons (Fsp3) is 0.643. The first kappa shape index (κ1) is 13.1. The van der Waals surface area contributed by atoms with Gasteiger partial charge in [0.1, 0.15) is 0 Å².